The second-order valence-corrected chi connectivity index (χ2v) is 4.84. The van der Waals surface area contributed by atoms with Gasteiger partial charge >= 0.3 is 0 Å². The summed E-state index contributed by atoms with van der Waals surface area (Å²) in [5.74, 6) is 0. The van der Waals surface area contributed by atoms with Gasteiger partial charge in [0.1, 0.15) is 5.58 Å². The van der Waals surface area contributed by atoms with Crippen molar-refractivity contribution in [3.63, 3.8) is 0 Å². The summed E-state index contributed by atoms with van der Waals surface area (Å²) >= 11 is 0. The van der Waals surface area contributed by atoms with Crippen molar-refractivity contribution < 1.29 is 4.42 Å². The first-order chi connectivity index (χ1) is 8.34. The average Bonchev–Trinajstić information content (AvgIpc) is 2.95. The molecule has 0 radical (unpaired) electrons. The fraction of sp³-hybridized carbons (Fsp3) is 0.429. The summed E-state index contributed by atoms with van der Waals surface area (Å²) < 4.78 is 5.53. The highest BCUT2D eigenvalue weighted by atomic mass is 16.3. The Morgan fingerprint density at radius 1 is 1.29 bits per heavy atom. The summed E-state index contributed by atoms with van der Waals surface area (Å²) in [5.41, 5.74) is 8.86. The van der Waals surface area contributed by atoms with Crippen LogP contribution in [0, 0.1) is 0 Å². The summed E-state index contributed by atoms with van der Waals surface area (Å²) in [5, 5.41) is 4.66. The molecule has 0 saturated heterocycles. The first kappa shape index (κ1) is 10.7. The van der Waals surface area contributed by atoms with E-state index in [4.69, 9.17) is 10.2 Å². The monoisotopic (exact) mass is 230 g/mol. The zero-order valence-electron chi connectivity index (χ0n) is 9.91. The van der Waals surface area contributed by atoms with Crippen LogP contribution in [0.1, 0.15) is 31.2 Å². The molecule has 3 rings (SSSR count). The van der Waals surface area contributed by atoms with Gasteiger partial charge in [-0.3, -0.25) is 0 Å². The van der Waals surface area contributed by atoms with Crippen LogP contribution >= 0.6 is 0 Å². The summed E-state index contributed by atoms with van der Waals surface area (Å²) in [6.07, 6.45) is 7.12. The third-order valence-corrected chi connectivity index (χ3v) is 3.64. The Hall–Kier alpha value is -1.48. The van der Waals surface area contributed by atoms with Crippen LogP contribution in [0.4, 0.5) is 5.69 Å². The lowest BCUT2D eigenvalue weighted by Gasteiger charge is -2.10. The van der Waals surface area contributed by atoms with Crippen LogP contribution in [-0.4, -0.2) is 6.04 Å². The summed E-state index contributed by atoms with van der Waals surface area (Å²) in [6, 6.07) is 6.49. The first-order valence-corrected chi connectivity index (χ1v) is 6.32. The maximum atomic E-state index is 6.00. The number of hydrogen-bond donors (Lipinski definition) is 2. The molecule has 1 saturated carbocycles. The quantitative estimate of drug-likeness (QED) is 0.797. The lowest BCUT2D eigenvalue weighted by molar-refractivity contribution is 0.520. The largest absolute Gasteiger partial charge is 0.464 e. The van der Waals surface area contributed by atoms with Gasteiger partial charge in [0.15, 0.2) is 0 Å². The maximum absolute atomic E-state index is 6.00. The predicted octanol–water partition coefficient (Wildman–Crippen LogP) is 3.05. The van der Waals surface area contributed by atoms with E-state index in [0.717, 1.165) is 23.2 Å². The number of benzene rings is 1. The molecule has 0 aliphatic heterocycles. The molecule has 1 fully saturated rings. The van der Waals surface area contributed by atoms with Crippen molar-refractivity contribution in [1.82, 2.24) is 5.32 Å². The zero-order chi connectivity index (χ0) is 11.7. The van der Waals surface area contributed by atoms with Gasteiger partial charge in [0, 0.05) is 29.2 Å². The van der Waals surface area contributed by atoms with Crippen LogP contribution in [0.3, 0.4) is 0 Å². The average molecular weight is 230 g/mol. The second kappa shape index (κ2) is 4.41. The summed E-state index contributed by atoms with van der Waals surface area (Å²) in [7, 11) is 0. The van der Waals surface area contributed by atoms with E-state index in [0.29, 0.717) is 6.04 Å². The van der Waals surface area contributed by atoms with E-state index in [1.54, 1.807) is 0 Å². The standard InChI is InChI=1S/C14H18N2O/c15-12-6-3-7-13-14(12)10(9-17-13)8-16-11-4-1-2-5-11/h3,6-7,9,11,16H,1-2,4-5,8,15H2. The zero-order valence-corrected chi connectivity index (χ0v) is 9.91. The van der Waals surface area contributed by atoms with Crippen molar-refractivity contribution in [2.24, 2.45) is 0 Å². The van der Waals surface area contributed by atoms with E-state index >= 15 is 0 Å². The van der Waals surface area contributed by atoms with E-state index in [2.05, 4.69) is 5.32 Å². The summed E-state index contributed by atoms with van der Waals surface area (Å²) in [6.45, 7) is 0.853. The van der Waals surface area contributed by atoms with E-state index in [-0.39, 0.29) is 0 Å². The number of furan rings is 1. The van der Waals surface area contributed by atoms with E-state index in [1.807, 2.05) is 24.5 Å². The van der Waals surface area contributed by atoms with Crippen LogP contribution in [0.5, 0.6) is 0 Å². The fourth-order valence-corrected chi connectivity index (χ4v) is 2.70. The molecule has 0 unspecified atom stereocenters. The SMILES string of the molecule is Nc1cccc2occ(CNC3CCCC3)c12. The lowest BCUT2D eigenvalue weighted by Crippen LogP contribution is -2.25. The Labute approximate surface area is 101 Å². The Morgan fingerprint density at radius 3 is 2.94 bits per heavy atom. The van der Waals surface area contributed by atoms with Gasteiger partial charge in [-0.1, -0.05) is 18.9 Å². The Kier molecular flexibility index (Phi) is 2.77. The lowest BCUT2D eigenvalue weighted by atomic mass is 10.1. The number of rotatable bonds is 3. The van der Waals surface area contributed by atoms with Crippen molar-refractivity contribution in [2.45, 2.75) is 38.3 Å². The van der Waals surface area contributed by atoms with E-state index in [9.17, 15) is 0 Å². The second-order valence-electron chi connectivity index (χ2n) is 4.84. The molecule has 90 valence electrons. The van der Waals surface area contributed by atoms with Gasteiger partial charge in [-0.2, -0.15) is 0 Å². The van der Waals surface area contributed by atoms with Gasteiger partial charge in [-0.05, 0) is 25.0 Å². The molecule has 1 aliphatic rings. The van der Waals surface area contributed by atoms with Gasteiger partial charge in [-0.15, -0.1) is 0 Å². The van der Waals surface area contributed by atoms with Crippen molar-refractivity contribution in [1.29, 1.82) is 0 Å². The fourth-order valence-electron chi connectivity index (χ4n) is 2.70. The molecule has 1 aromatic carbocycles. The molecule has 1 aromatic heterocycles. The van der Waals surface area contributed by atoms with Crippen LogP contribution in [-0.2, 0) is 6.54 Å². The molecule has 3 nitrogen and oxygen atoms in total. The van der Waals surface area contributed by atoms with Crippen LogP contribution < -0.4 is 11.1 Å². The van der Waals surface area contributed by atoms with E-state index < -0.39 is 0 Å². The topological polar surface area (TPSA) is 51.2 Å². The van der Waals surface area contributed by atoms with Crippen molar-refractivity contribution in [2.75, 3.05) is 5.73 Å². The number of fused-ring (bicyclic) bond motifs is 1. The molecule has 0 bridgehead atoms. The maximum Gasteiger partial charge on any atom is 0.136 e. The third kappa shape index (κ3) is 2.03. The van der Waals surface area contributed by atoms with Crippen LogP contribution in [0.15, 0.2) is 28.9 Å². The minimum Gasteiger partial charge on any atom is -0.464 e. The molecule has 0 amide bonds. The molecule has 1 aliphatic carbocycles. The Bertz CT molecular complexity index is 512. The molecule has 0 spiro atoms. The van der Waals surface area contributed by atoms with Gasteiger partial charge in [0.2, 0.25) is 0 Å². The van der Waals surface area contributed by atoms with Gasteiger partial charge in [-0.25, -0.2) is 0 Å². The van der Waals surface area contributed by atoms with Crippen molar-refractivity contribution >= 4 is 16.7 Å². The first-order valence-electron chi connectivity index (χ1n) is 6.32. The minimum atomic E-state index is 0.671. The highest BCUT2D eigenvalue weighted by molar-refractivity contribution is 5.92. The third-order valence-electron chi connectivity index (χ3n) is 3.64. The van der Waals surface area contributed by atoms with Gasteiger partial charge in [0.25, 0.3) is 0 Å². The molecular weight excluding hydrogens is 212 g/mol. The predicted molar refractivity (Wildman–Crippen MR) is 69.7 cm³/mol. The van der Waals surface area contributed by atoms with E-state index in [1.165, 1.54) is 31.2 Å². The highest BCUT2D eigenvalue weighted by Crippen LogP contribution is 2.27. The molecule has 0 atom stereocenters. The number of hydrogen-bond acceptors (Lipinski definition) is 3. The number of nitrogens with two attached hydrogens (primary N) is 1. The van der Waals surface area contributed by atoms with Gasteiger partial charge in [0.05, 0.1) is 6.26 Å². The molecule has 1 heterocycles. The molecule has 17 heavy (non-hydrogen) atoms. The number of nitrogen functional groups attached to an aromatic ring is 1. The smallest absolute Gasteiger partial charge is 0.136 e. The highest BCUT2D eigenvalue weighted by Gasteiger charge is 2.15. The van der Waals surface area contributed by atoms with Crippen molar-refractivity contribution in [3.8, 4) is 0 Å². The Morgan fingerprint density at radius 2 is 2.12 bits per heavy atom. The molecule has 3 N–H and O–H groups in total. The Balaban J connectivity index is 1.80. The van der Waals surface area contributed by atoms with Crippen LogP contribution in [0.2, 0.25) is 0 Å². The van der Waals surface area contributed by atoms with Crippen molar-refractivity contribution in [3.05, 3.63) is 30.0 Å². The van der Waals surface area contributed by atoms with Crippen LogP contribution in [0.25, 0.3) is 11.0 Å². The molecular formula is C14H18N2O. The molecule has 3 heteroatoms. The summed E-state index contributed by atoms with van der Waals surface area (Å²) in [4.78, 5) is 0. The number of anilines is 1. The minimum absolute atomic E-state index is 0.671. The number of nitrogens with one attached hydrogen (secondary N) is 1. The van der Waals surface area contributed by atoms with Gasteiger partial charge < -0.3 is 15.5 Å². The normalized spacial score (nSPS) is 16.9. The molecule has 2 aromatic rings.